The minimum absolute atomic E-state index is 0.0224. The van der Waals surface area contributed by atoms with Gasteiger partial charge in [0.2, 0.25) is 0 Å². The quantitative estimate of drug-likeness (QED) is 0.580. The fraction of sp³-hybridized carbons (Fsp3) is 0.435. The third-order valence-corrected chi connectivity index (χ3v) is 8.58. The highest BCUT2D eigenvalue weighted by Crippen LogP contribution is 2.41. The maximum Gasteiger partial charge on any atom is 0.321 e. The highest BCUT2D eigenvalue weighted by molar-refractivity contribution is 7.18. The van der Waals surface area contributed by atoms with Crippen molar-refractivity contribution in [1.82, 2.24) is 24.4 Å². The number of carbonyl (C=O) groups excluding carboxylic acids is 2. The number of piperidine rings is 1. The molecule has 0 atom stereocenters. The number of ether oxygens (including phenoxy) is 1. The van der Waals surface area contributed by atoms with Crippen LogP contribution in [0.15, 0.2) is 29.6 Å². The topological polar surface area (TPSA) is 101 Å². The lowest BCUT2D eigenvalue weighted by molar-refractivity contribution is 0.0735. The second-order valence-electron chi connectivity index (χ2n) is 8.82. The van der Waals surface area contributed by atoms with Crippen molar-refractivity contribution in [3.05, 3.63) is 41.0 Å². The maximum absolute atomic E-state index is 13.1. The van der Waals surface area contributed by atoms with Gasteiger partial charge in [-0.15, -0.1) is 16.4 Å². The summed E-state index contributed by atoms with van der Waals surface area (Å²) in [5.41, 5.74) is 2.05. The third-order valence-electron chi connectivity index (χ3n) is 6.75. The predicted octanol–water partition coefficient (Wildman–Crippen LogP) is 4.14. The number of benzene rings is 1. The Kier molecular flexibility index (Phi) is 6.22. The molecule has 2 aliphatic heterocycles. The molecule has 3 amide bonds. The lowest BCUT2D eigenvalue weighted by atomic mass is 9.78. The zero-order chi connectivity index (χ0) is 23.7. The van der Waals surface area contributed by atoms with Gasteiger partial charge in [-0.05, 0) is 55.3 Å². The van der Waals surface area contributed by atoms with Crippen molar-refractivity contribution < 1.29 is 14.3 Å². The van der Waals surface area contributed by atoms with Crippen molar-refractivity contribution in [2.45, 2.75) is 26.2 Å². The smallest absolute Gasteiger partial charge is 0.321 e. The molecule has 0 radical (unpaired) electrons. The van der Waals surface area contributed by atoms with E-state index in [1.807, 2.05) is 46.4 Å². The molecule has 2 fully saturated rings. The summed E-state index contributed by atoms with van der Waals surface area (Å²) in [5.74, 6) is 0.618. The number of nitrogens with zero attached hydrogens (tertiary/aromatic N) is 5. The third kappa shape index (κ3) is 4.37. The molecule has 2 aliphatic rings. The number of para-hydroxylation sites is 2. The van der Waals surface area contributed by atoms with Crippen LogP contribution < -0.4 is 10.1 Å². The number of amides is 3. The molecular formula is C23H26N6O3S2. The van der Waals surface area contributed by atoms with Crippen LogP contribution in [0.4, 0.5) is 10.5 Å². The highest BCUT2D eigenvalue weighted by atomic mass is 32.1. The number of aromatic nitrogens is 3. The van der Waals surface area contributed by atoms with Gasteiger partial charge in [-0.1, -0.05) is 16.6 Å². The summed E-state index contributed by atoms with van der Waals surface area (Å²) in [6, 6.07) is 7.28. The molecular weight excluding hydrogens is 472 g/mol. The zero-order valence-corrected chi connectivity index (χ0v) is 20.7. The number of nitrogens with one attached hydrogen (secondary N) is 1. The number of carbonyl (C=O) groups is 2. The number of hydrogen-bond donors (Lipinski definition) is 1. The normalized spacial score (nSPS) is 17.2. The minimum Gasteiger partial charge on any atom is -0.495 e. The van der Waals surface area contributed by atoms with Gasteiger partial charge in [-0.25, -0.2) is 9.78 Å². The average molecular weight is 499 g/mol. The minimum atomic E-state index is -0.117. The van der Waals surface area contributed by atoms with Crippen LogP contribution in [0.3, 0.4) is 0 Å². The van der Waals surface area contributed by atoms with Crippen LogP contribution in [-0.2, 0) is 0 Å². The largest absolute Gasteiger partial charge is 0.495 e. The first-order chi connectivity index (χ1) is 16.5. The van der Waals surface area contributed by atoms with E-state index < -0.39 is 0 Å². The first-order valence-corrected chi connectivity index (χ1v) is 12.9. The second-order valence-corrected chi connectivity index (χ2v) is 10.4. The van der Waals surface area contributed by atoms with Gasteiger partial charge in [0, 0.05) is 31.6 Å². The van der Waals surface area contributed by atoms with Gasteiger partial charge in [-0.2, -0.15) is 0 Å². The molecule has 0 aliphatic carbocycles. The predicted molar refractivity (Wildman–Crippen MR) is 132 cm³/mol. The Bertz CT molecular complexity index is 1200. The van der Waals surface area contributed by atoms with Crippen LogP contribution in [0.2, 0.25) is 0 Å². The van der Waals surface area contributed by atoms with Crippen LogP contribution in [0.1, 0.15) is 35.4 Å². The monoisotopic (exact) mass is 498 g/mol. The molecule has 4 heterocycles. The molecule has 1 N–H and O–H groups in total. The number of aryl methyl sites for hydroxylation is 1. The molecule has 2 aromatic heterocycles. The number of thiazole rings is 1. The van der Waals surface area contributed by atoms with E-state index in [1.165, 1.54) is 22.9 Å². The van der Waals surface area contributed by atoms with Gasteiger partial charge in [0.1, 0.15) is 21.3 Å². The Balaban J connectivity index is 1.18. The van der Waals surface area contributed by atoms with Gasteiger partial charge >= 0.3 is 6.03 Å². The Morgan fingerprint density at radius 2 is 1.85 bits per heavy atom. The summed E-state index contributed by atoms with van der Waals surface area (Å²) in [6.45, 7) is 4.67. The Morgan fingerprint density at radius 1 is 1.12 bits per heavy atom. The molecule has 0 unspecified atom stereocenters. The molecule has 3 aromatic rings. The molecule has 0 saturated carbocycles. The van der Waals surface area contributed by atoms with Crippen molar-refractivity contribution in [2.24, 2.45) is 5.41 Å². The van der Waals surface area contributed by atoms with Gasteiger partial charge in [-0.3, -0.25) is 4.79 Å². The summed E-state index contributed by atoms with van der Waals surface area (Å²) in [4.78, 5) is 35.2. The molecule has 0 bridgehead atoms. The summed E-state index contributed by atoms with van der Waals surface area (Å²) in [6.07, 6.45) is 2.71. The first-order valence-electron chi connectivity index (χ1n) is 11.2. The average Bonchev–Trinajstić information content (AvgIpc) is 3.60. The second kappa shape index (κ2) is 9.30. The summed E-state index contributed by atoms with van der Waals surface area (Å²) < 4.78 is 9.29. The van der Waals surface area contributed by atoms with Crippen LogP contribution >= 0.6 is 22.9 Å². The van der Waals surface area contributed by atoms with E-state index in [4.69, 9.17) is 4.74 Å². The van der Waals surface area contributed by atoms with Crippen molar-refractivity contribution in [3.63, 3.8) is 0 Å². The molecule has 1 aromatic carbocycles. The molecule has 1 spiro atoms. The summed E-state index contributed by atoms with van der Waals surface area (Å²) in [5, 5.41) is 9.61. The summed E-state index contributed by atoms with van der Waals surface area (Å²) in [7, 11) is 1.59. The molecule has 178 valence electrons. The van der Waals surface area contributed by atoms with E-state index in [1.54, 1.807) is 7.11 Å². The lowest BCUT2D eigenvalue weighted by Crippen LogP contribution is -2.46. The molecule has 9 nitrogen and oxygen atoms in total. The molecule has 11 heteroatoms. The molecule has 34 heavy (non-hydrogen) atoms. The SMILES string of the molecule is COc1ccccc1NC(=O)N1CCC2(CC1)CCN(C(=O)c1csc(-c3snnc3C)n1)C2. The van der Waals surface area contributed by atoms with Crippen molar-refractivity contribution >= 4 is 40.5 Å². The Hall–Kier alpha value is -3.05. The summed E-state index contributed by atoms with van der Waals surface area (Å²) >= 11 is 2.75. The van der Waals surface area contributed by atoms with E-state index in [0.717, 1.165) is 41.4 Å². The lowest BCUT2D eigenvalue weighted by Gasteiger charge is -2.39. The van der Waals surface area contributed by atoms with E-state index >= 15 is 0 Å². The number of rotatable bonds is 4. The van der Waals surface area contributed by atoms with Crippen molar-refractivity contribution in [2.75, 3.05) is 38.6 Å². The van der Waals surface area contributed by atoms with Gasteiger partial charge in [0.05, 0.1) is 18.5 Å². The number of urea groups is 1. The number of likely N-dealkylation sites (tertiary alicyclic amines) is 2. The van der Waals surface area contributed by atoms with E-state index in [9.17, 15) is 9.59 Å². The van der Waals surface area contributed by atoms with Crippen LogP contribution in [0, 0.1) is 12.3 Å². The van der Waals surface area contributed by atoms with Gasteiger partial charge in [0.25, 0.3) is 5.91 Å². The fourth-order valence-electron chi connectivity index (χ4n) is 4.71. The van der Waals surface area contributed by atoms with Crippen LogP contribution in [-0.4, -0.2) is 69.6 Å². The van der Waals surface area contributed by atoms with E-state index in [0.29, 0.717) is 36.8 Å². The molecule has 5 rings (SSSR count). The zero-order valence-electron chi connectivity index (χ0n) is 19.1. The first kappa shape index (κ1) is 22.7. The molecule has 2 saturated heterocycles. The Labute approximate surface area is 205 Å². The van der Waals surface area contributed by atoms with Gasteiger partial charge < -0.3 is 19.9 Å². The maximum atomic E-state index is 13.1. The van der Waals surface area contributed by atoms with Crippen molar-refractivity contribution in [3.8, 4) is 15.6 Å². The van der Waals surface area contributed by atoms with E-state index in [2.05, 4.69) is 19.9 Å². The number of methoxy groups -OCH3 is 1. The fourth-order valence-corrected chi connectivity index (χ4v) is 6.29. The van der Waals surface area contributed by atoms with Crippen LogP contribution in [0.25, 0.3) is 9.88 Å². The van der Waals surface area contributed by atoms with E-state index in [-0.39, 0.29) is 17.4 Å². The standard InChI is InChI=1S/C23H26N6O3S2/c1-15-19(34-27-26-15)20-24-17(13-33-20)21(30)29-12-9-23(14-29)7-10-28(11-8-23)22(31)25-16-5-3-4-6-18(16)32-2/h3-6,13H,7-12,14H2,1-2H3,(H,25,31). The highest BCUT2D eigenvalue weighted by Gasteiger charge is 2.43. The number of anilines is 1. The Morgan fingerprint density at radius 3 is 2.56 bits per heavy atom. The number of hydrogen-bond acceptors (Lipinski definition) is 8. The van der Waals surface area contributed by atoms with Gasteiger partial charge in [0.15, 0.2) is 0 Å². The van der Waals surface area contributed by atoms with Crippen molar-refractivity contribution in [1.29, 1.82) is 0 Å². The van der Waals surface area contributed by atoms with Crippen LogP contribution in [0.5, 0.6) is 5.75 Å².